The van der Waals surface area contributed by atoms with Gasteiger partial charge in [0.1, 0.15) is 23.0 Å². The van der Waals surface area contributed by atoms with Crippen LogP contribution in [0.15, 0.2) is 36.4 Å². The van der Waals surface area contributed by atoms with Crippen molar-refractivity contribution in [3.05, 3.63) is 69.2 Å². The number of rotatable bonds is 7. The molecule has 41 heavy (non-hydrogen) atoms. The average Bonchev–Trinajstić information content (AvgIpc) is 3.29. The molecule has 1 aromatic heterocycles. The highest BCUT2D eigenvalue weighted by Crippen LogP contribution is 2.35. The largest absolute Gasteiger partial charge is 0.488 e. The lowest BCUT2D eigenvalue weighted by atomic mass is 9.92. The predicted octanol–water partition coefficient (Wildman–Crippen LogP) is 7.12. The highest BCUT2D eigenvalue weighted by atomic mass is 32.1. The van der Waals surface area contributed by atoms with Crippen molar-refractivity contribution < 1.29 is 37.0 Å². The molecule has 0 radical (unpaired) electrons. The first-order valence-corrected chi connectivity index (χ1v) is 14.0. The first-order chi connectivity index (χ1) is 19.2. The second-order valence-electron chi connectivity index (χ2n) is 10.8. The molecule has 4 rings (SSSR count). The van der Waals surface area contributed by atoms with E-state index >= 15 is 0 Å². The van der Waals surface area contributed by atoms with Crippen LogP contribution in [0.25, 0.3) is 10.6 Å². The molecule has 1 aliphatic rings. The van der Waals surface area contributed by atoms with Crippen LogP contribution in [0.5, 0.6) is 5.75 Å². The number of fused-ring (bicyclic) bond motifs is 1. The molecule has 220 valence electrons. The number of aryl methyl sites for hydroxylation is 2. The number of benzene rings is 2. The fraction of sp³-hybridized carbons (Fsp3) is 0.433. The van der Waals surface area contributed by atoms with Crippen LogP contribution in [0.1, 0.15) is 60.0 Å². The lowest BCUT2D eigenvalue weighted by Gasteiger charge is -2.33. The minimum absolute atomic E-state index is 0.211. The van der Waals surface area contributed by atoms with E-state index in [4.69, 9.17) is 14.2 Å². The third-order valence-electron chi connectivity index (χ3n) is 6.65. The van der Waals surface area contributed by atoms with Gasteiger partial charge in [0.2, 0.25) is 0 Å². The van der Waals surface area contributed by atoms with E-state index in [0.717, 1.165) is 39.4 Å². The van der Waals surface area contributed by atoms with E-state index in [-0.39, 0.29) is 19.0 Å². The molecule has 11 heteroatoms. The molecule has 0 spiro atoms. The Balaban J connectivity index is 1.54. The van der Waals surface area contributed by atoms with Crippen molar-refractivity contribution in [3.63, 3.8) is 0 Å². The van der Waals surface area contributed by atoms with Crippen molar-refractivity contribution in [2.24, 2.45) is 0 Å². The fourth-order valence-corrected chi connectivity index (χ4v) is 5.51. The lowest BCUT2D eigenvalue weighted by molar-refractivity contribution is -0.140. The van der Waals surface area contributed by atoms with Crippen molar-refractivity contribution in [2.75, 3.05) is 13.7 Å². The molecule has 7 nitrogen and oxygen atoms in total. The second kappa shape index (κ2) is 12.1. The Morgan fingerprint density at radius 3 is 2.39 bits per heavy atom. The molecular formula is C30H33F3N2O5S. The zero-order chi connectivity index (χ0) is 29.9. The Hall–Kier alpha value is -3.60. The molecule has 0 saturated carbocycles. The van der Waals surface area contributed by atoms with Crippen LogP contribution in [0.3, 0.4) is 0 Å². The number of hydrogen-bond acceptors (Lipinski definition) is 7. The lowest BCUT2D eigenvalue weighted by Crippen LogP contribution is -2.40. The van der Waals surface area contributed by atoms with Crippen LogP contribution in [0.4, 0.5) is 18.0 Å². The van der Waals surface area contributed by atoms with Crippen molar-refractivity contribution in [1.82, 2.24) is 9.88 Å². The standard InChI is InChI=1S/C30H33F3N2O5S/c1-18-25(41-27(34-18)20-6-10-21(11-7-20)30(31,32)33)17-39-24-12-8-19(9-13-26(36)38-5)23-16-35(15-14-22(23)24)28(37)40-29(2,3)4/h6-8,10-12H,9,13-17H2,1-5H3. The number of hydrogen-bond donors (Lipinski definition) is 0. The minimum Gasteiger partial charge on any atom is -0.488 e. The van der Waals surface area contributed by atoms with Gasteiger partial charge in [0.05, 0.1) is 23.2 Å². The van der Waals surface area contributed by atoms with Crippen molar-refractivity contribution in [2.45, 2.75) is 71.9 Å². The van der Waals surface area contributed by atoms with Crippen molar-refractivity contribution in [3.8, 4) is 16.3 Å². The van der Waals surface area contributed by atoms with Crippen molar-refractivity contribution in [1.29, 1.82) is 0 Å². The number of ether oxygens (including phenoxy) is 3. The summed E-state index contributed by atoms with van der Waals surface area (Å²) in [7, 11) is 1.35. The predicted molar refractivity (Wildman–Crippen MR) is 149 cm³/mol. The van der Waals surface area contributed by atoms with Gasteiger partial charge in [-0.15, -0.1) is 11.3 Å². The normalized spacial score (nSPS) is 13.5. The maximum absolute atomic E-state index is 12.9. The number of nitrogens with zero attached hydrogens (tertiary/aromatic N) is 2. The summed E-state index contributed by atoms with van der Waals surface area (Å²) >= 11 is 1.37. The molecule has 3 aromatic rings. The number of methoxy groups -OCH3 is 1. The summed E-state index contributed by atoms with van der Waals surface area (Å²) < 4.78 is 55.5. The van der Waals surface area contributed by atoms with Gasteiger partial charge in [-0.25, -0.2) is 9.78 Å². The fourth-order valence-electron chi connectivity index (χ4n) is 4.53. The van der Waals surface area contributed by atoms with Gasteiger partial charge in [-0.05, 0) is 69.9 Å². The summed E-state index contributed by atoms with van der Waals surface area (Å²) in [5, 5.41) is 0.614. The maximum atomic E-state index is 12.9. The number of carbonyl (C=O) groups excluding carboxylic acids is 2. The van der Waals surface area contributed by atoms with Gasteiger partial charge in [-0.3, -0.25) is 4.79 Å². The molecule has 2 heterocycles. The first-order valence-electron chi connectivity index (χ1n) is 13.2. The van der Waals surface area contributed by atoms with Crippen LogP contribution in [-0.4, -0.2) is 41.2 Å². The quantitative estimate of drug-likeness (QED) is 0.273. The smallest absolute Gasteiger partial charge is 0.416 e. The Kier molecular flexibility index (Phi) is 8.96. The summed E-state index contributed by atoms with van der Waals surface area (Å²) in [5.74, 6) is 0.359. The molecule has 0 atom stereocenters. The van der Waals surface area contributed by atoms with Gasteiger partial charge >= 0.3 is 18.2 Å². The number of aromatic nitrogens is 1. The average molecular weight is 591 g/mol. The van der Waals surface area contributed by atoms with E-state index in [1.165, 1.54) is 30.6 Å². The summed E-state index contributed by atoms with van der Waals surface area (Å²) in [5.41, 5.74) is 2.85. The molecule has 2 aromatic carbocycles. The molecular weight excluding hydrogens is 557 g/mol. The number of halogens is 3. The zero-order valence-electron chi connectivity index (χ0n) is 23.7. The van der Waals surface area contributed by atoms with Crippen LogP contribution < -0.4 is 4.74 Å². The molecule has 0 aliphatic carbocycles. The van der Waals surface area contributed by atoms with Crippen LogP contribution in [0.2, 0.25) is 0 Å². The zero-order valence-corrected chi connectivity index (χ0v) is 24.5. The first kappa shape index (κ1) is 30.4. The van der Waals surface area contributed by atoms with E-state index in [2.05, 4.69) is 4.98 Å². The Morgan fingerprint density at radius 1 is 1.05 bits per heavy atom. The van der Waals surface area contributed by atoms with Crippen LogP contribution in [0, 0.1) is 6.92 Å². The third kappa shape index (κ3) is 7.58. The summed E-state index contributed by atoms with van der Waals surface area (Å²) in [6.07, 6.45) is -3.57. The van der Waals surface area contributed by atoms with E-state index in [1.54, 1.807) is 4.90 Å². The van der Waals surface area contributed by atoms with Gasteiger partial charge in [-0.2, -0.15) is 13.2 Å². The highest BCUT2D eigenvalue weighted by Gasteiger charge is 2.31. The summed E-state index contributed by atoms with van der Waals surface area (Å²) in [6, 6.07) is 8.73. The topological polar surface area (TPSA) is 78.0 Å². The Morgan fingerprint density at radius 2 is 1.76 bits per heavy atom. The van der Waals surface area contributed by atoms with Gasteiger partial charge < -0.3 is 19.1 Å². The van der Waals surface area contributed by atoms with Crippen LogP contribution >= 0.6 is 11.3 Å². The molecule has 0 N–H and O–H groups in total. The SMILES string of the molecule is COC(=O)CCc1ccc(OCc2sc(-c3ccc(C(F)(F)F)cc3)nc2C)c2c1CN(C(=O)OC(C)(C)C)CC2. The molecule has 0 unspecified atom stereocenters. The third-order valence-corrected chi connectivity index (χ3v) is 7.83. The number of amides is 1. The highest BCUT2D eigenvalue weighted by molar-refractivity contribution is 7.15. The Labute approximate surface area is 241 Å². The molecule has 0 saturated heterocycles. The second-order valence-corrected chi connectivity index (χ2v) is 11.9. The van der Waals surface area contributed by atoms with Gasteiger partial charge in [0.25, 0.3) is 0 Å². The summed E-state index contributed by atoms with van der Waals surface area (Å²) in [6.45, 7) is 8.31. The number of esters is 1. The maximum Gasteiger partial charge on any atom is 0.416 e. The molecule has 0 fully saturated rings. The number of alkyl halides is 3. The number of carbonyl (C=O) groups is 2. The van der Waals surface area contributed by atoms with E-state index in [9.17, 15) is 22.8 Å². The van der Waals surface area contributed by atoms with Gasteiger partial charge in [0, 0.05) is 30.6 Å². The monoisotopic (exact) mass is 590 g/mol. The van der Waals surface area contributed by atoms with E-state index in [1.807, 2.05) is 39.8 Å². The van der Waals surface area contributed by atoms with E-state index in [0.29, 0.717) is 42.3 Å². The van der Waals surface area contributed by atoms with Gasteiger partial charge in [-0.1, -0.05) is 18.2 Å². The molecule has 0 bridgehead atoms. The molecule has 1 aliphatic heterocycles. The molecule has 1 amide bonds. The van der Waals surface area contributed by atoms with Crippen molar-refractivity contribution >= 4 is 23.4 Å². The Bertz CT molecular complexity index is 1410. The minimum atomic E-state index is -4.39. The van der Waals surface area contributed by atoms with Gasteiger partial charge in [0.15, 0.2) is 0 Å². The number of thiazole rings is 1. The summed E-state index contributed by atoms with van der Waals surface area (Å²) in [4.78, 5) is 31.7. The van der Waals surface area contributed by atoms with Crippen LogP contribution in [-0.2, 0) is 46.4 Å². The van der Waals surface area contributed by atoms with E-state index < -0.39 is 23.4 Å².